The predicted octanol–water partition coefficient (Wildman–Crippen LogP) is 1.86. The summed E-state index contributed by atoms with van der Waals surface area (Å²) in [5.41, 5.74) is 0. The SMILES string of the molecule is [C-]#[N+]CCC(F)(F)F. The maximum Gasteiger partial charge on any atom is 0.396 e. The first-order valence-corrected chi connectivity index (χ1v) is 1.96. The average molecular weight is 123 g/mol. The highest BCUT2D eigenvalue weighted by Gasteiger charge is 2.27. The number of hydrogen-bond acceptors (Lipinski definition) is 0. The van der Waals surface area contributed by atoms with Gasteiger partial charge in [-0.1, -0.05) is 0 Å². The molecule has 0 N–H and O–H groups in total. The second-order valence-corrected chi connectivity index (χ2v) is 1.25. The van der Waals surface area contributed by atoms with Gasteiger partial charge in [-0.05, 0) is 0 Å². The lowest BCUT2D eigenvalue weighted by atomic mass is 10.4. The quantitative estimate of drug-likeness (QED) is 0.469. The van der Waals surface area contributed by atoms with Crippen molar-refractivity contribution < 1.29 is 13.2 Å². The molecule has 0 radical (unpaired) electrons. The lowest BCUT2D eigenvalue weighted by molar-refractivity contribution is -0.131. The zero-order chi connectivity index (χ0) is 6.62. The number of rotatable bonds is 1. The van der Waals surface area contributed by atoms with Crippen molar-refractivity contribution in [3.8, 4) is 0 Å². The Hall–Kier alpha value is -0.720. The second kappa shape index (κ2) is 2.55. The van der Waals surface area contributed by atoms with Gasteiger partial charge in [-0.2, -0.15) is 13.2 Å². The number of hydrogen-bond donors (Lipinski definition) is 0. The maximum absolute atomic E-state index is 11.1. The van der Waals surface area contributed by atoms with Crippen molar-refractivity contribution in [2.45, 2.75) is 12.6 Å². The van der Waals surface area contributed by atoms with Gasteiger partial charge in [0.05, 0.1) is 0 Å². The monoisotopic (exact) mass is 123 g/mol. The summed E-state index contributed by atoms with van der Waals surface area (Å²) in [7, 11) is 0. The summed E-state index contributed by atoms with van der Waals surface area (Å²) in [6.07, 6.45) is -5.15. The standard InChI is InChI=1S/C4H4F3N/c1-8-3-2-4(5,6)7/h2-3H2. The van der Waals surface area contributed by atoms with E-state index in [0.717, 1.165) is 0 Å². The normalized spacial score (nSPS) is 10.8. The van der Waals surface area contributed by atoms with Crippen LogP contribution >= 0.6 is 0 Å². The number of nitrogens with zero attached hydrogens (tertiary/aromatic N) is 1. The van der Waals surface area contributed by atoms with E-state index in [-0.39, 0.29) is 0 Å². The highest BCUT2D eigenvalue weighted by molar-refractivity contribution is 4.62. The van der Waals surface area contributed by atoms with Crippen LogP contribution in [0.3, 0.4) is 0 Å². The molecule has 0 aliphatic rings. The Morgan fingerprint density at radius 3 is 2.00 bits per heavy atom. The zero-order valence-corrected chi connectivity index (χ0v) is 4.00. The first kappa shape index (κ1) is 7.28. The summed E-state index contributed by atoms with van der Waals surface area (Å²) in [6.45, 7) is 5.55. The van der Waals surface area contributed by atoms with E-state index in [0.29, 0.717) is 0 Å². The van der Waals surface area contributed by atoms with Crippen LogP contribution in [0.2, 0.25) is 0 Å². The van der Waals surface area contributed by atoms with E-state index in [1.807, 2.05) is 0 Å². The third kappa shape index (κ3) is 5.28. The molecule has 0 aromatic heterocycles. The fourth-order valence-corrected chi connectivity index (χ4v) is 0.183. The van der Waals surface area contributed by atoms with Gasteiger partial charge in [0.1, 0.15) is 6.42 Å². The molecule has 0 amide bonds. The van der Waals surface area contributed by atoms with E-state index in [2.05, 4.69) is 4.85 Å². The molecule has 4 heteroatoms. The highest BCUT2D eigenvalue weighted by atomic mass is 19.4. The van der Waals surface area contributed by atoms with E-state index in [9.17, 15) is 13.2 Å². The maximum atomic E-state index is 11.1. The number of alkyl halides is 3. The van der Waals surface area contributed by atoms with E-state index < -0.39 is 19.1 Å². The molecule has 0 aliphatic heterocycles. The van der Waals surface area contributed by atoms with Gasteiger partial charge in [0.25, 0.3) is 0 Å². The molecule has 0 aromatic carbocycles. The van der Waals surface area contributed by atoms with E-state index in [1.165, 1.54) is 0 Å². The van der Waals surface area contributed by atoms with Gasteiger partial charge in [-0.15, -0.1) is 0 Å². The van der Waals surface area contributed by atoms with Crippen LogP contribution in [0.5, 0.6) is 0 Å². The summed E-state index contributed by atoms with van der Waals surface area (Å²) in [6, 6.07) is 0. The average Bonchev–Trinajstić information content (AvgIpc) is 1.59. The van der Waals surface area contributed by atoms with E-state index in [4.69, 9.17) is 6.57 Å². The minimum atomic E-state index is -4.16. The van der Waals surface area contributed by atoms with Crippen molar-refractivity contribution in [1.29, 1.82) is 0 Å². The molecule has 0 aromatic rings. The van der Waals surface area contributed by atoms with Gasteiger partial charge in [-0.3, -0.25) is 0 Å². The summed E-state index contributed by atoms with van der Waals surface area (Å²) >= 11 is 0. The van der Waals surface area contributed by atoms with Crippen LogP contribution in [0.1, 0.15) is 6.42 Å². The second-order valence-electron chi connectivity index (χ2n) is 1.25. The molecule has 0 heterocycles. The lowest BCUT2D eigenvalue weighted by Crippen LogP contribution is -2.07. The molecule has 8 heavy (non-hydrogen) atoms. The Morgan fingerprint density at radius 2 is 1.88 bits per heavy atom. The summed E-state index contributed by atoms with van der Waals surface area (Å²) in [4.78, 5) is 2.55. The minimum absolute atomic E-state index is 0.455. The lowest BCUT2D eigenvalue weighted by Gasteiger charge is -1.97. The Balaban J connectivity index is 3.28. The highest BCUT2D eigenvalue weighted by Crippen LogP contribution is 2.18. The number of halogens is 3. The smallest absolute Gasteiger partial charge is 0.317 e. The van der Waals surface area contributed by atoms with Crippen molar-refractivity contribution in [3.05, 3.63) is 11.4 Å². The predicted molar refractivity (Wildman–Crippen MR) is 22.1 cm³/mol. The largest absolute Gasteiger partial charge is 0.396 e. The fourth-order valence-electron chi connectivity index (χ4n) is 0.183. The van der Waals surface area contributed by atoms with Gasteiger partial charge < -0.3 is 4.85 Å². The van der Waals surface area contributed by atoms with Gasteiger partial charge >= 0.3 is 6.18 Å². The Kier molecular flexibility index (Phi) is 2.32. The zero-order valence-electron chi connectivity index (χ0n) is 4.00. The van der Waals surface area contributed by atoms with Crippen molar-refractivity contribution in [2.75, 3.05) is 6.54 Å². The van der Waals surface area contributed by atoms with Crippen molar-refractivity contribution in [1.82, 2.24) is 0 Å². The first-order valence-electron chi connectivity index (χ1n) is 1.96. The van der Waals surface area contributed by atoms with Crippen molar-refractivity contribution in [2.24, 2.45) is 0 Å². The van der Waals surface area contributed by atoms with Gasteiger partial charge in [-0.25, -0.2) is 6.57 Å². The molecule has 46 valence electrons. The van der Waals surface area contributed by atoms with Gasteiger partial charge in [0.15, 0.2) is 0 Å². The third-order valence-electron chi connectivity index (χ3n) is 0.507. The van der Waals surface area contributed by atoms with Crippen molar-refractivity contribution in [3.63, 3.8) is 0 Å². The molecule has 0 rings (SSSR count). The molecule has 0 aliphatic carbocycles. The van der Waals surface area contributed by atoms with Crippen LogP contribution in [0.4, 0.5) is 13.2 Å². The van der Waals surface area contributed by atoms with Crippen LogP contribution in [0.25, 0.3) is 4.85 Å². The third-order valence-corrected chi connectivity index (χ3v) is 0.507. The molecule has 0 saturated carbocycles. The summed E-state index contributed by atoms with van der Waals surface area (Å²) in [5, 5.41) is 0. The summed E-state index contributed by atoms with van der Waals surface area (Å²) < 4.78 is 33.3. The van der Waals surface area contributed by atoms with E-state index >= 15 is 0 Å². The molecule has 0 unspecified atom stereocenters. The van der Waals surface area contributed by atoms with Crippen LogP contribution in [-0.4, -0.2) is 12.7 Å². The Morgan fingerprint density at radius 1 is 1.38 bits per heavy atom. The molecule has 0 bridgehead atoms. The molecule has 0 fully saturated rings. The molecule has 0 saturated heterocycles. The van der Waals surface area contributed by atoms with Crippen LogP contribution in [0, 0.1) is 6.57 Å². The topological polar surface area (TPSA) is 4.36 Å². The molecular formula is C4H4F3N. The summed E-state index contributed by atoms with van der Waals surface area (Å²) in [5.74, 6) is 0. The molecular weight excluding hydrogens is 119 g/mol. The van der Waals surface area contributed by atoms with Gasteiger partial charge in [0.2, 0.25) is 6.54 Å². The van der Waals surface area contributed by atoms with Crippen LogP contribution in [-0.2, 0) is 0 Å². The molecule has 1 nitrogen and oxygen atoms in total. The Bertz CT molecular complexity index is 98.8. The van der Waals surface area contributed by atoms with E-state index in [1.54, 1.807) is 0 Å². The minimum Gasteiger partial charge on any atom is -0.317 e. The first-order chi connectivity index (χ1) is 3.56. The van der Waals surface area contributed by atoms with Crippen LogP contribution < -0.4 is 0 Å². The van der Waals surface area contributed by atoms with Crippen molar-refractivity contribution >= 4 is 0 Å². The van der Waals surface area contributed by atoms with Crippen LogP contribution in [0.15, 0.2) is 0 Å². The Labute approximate surface area is 44.9 Å². The van der Waals surface area contributed by atoms with Gasteiger partial charge in [0, 0.05) is 0 Å². The fraction of sp³-hybridized carbons (Fsp3) is 0.750. The molecule has 0 spiro atoms. The molecule has 0 atom stereocenters.